The van der Waals surface area contributed by atoms with Crippen LogP contribution >= 0.6 is 0 Å². The molecule has 2 unspecified atom stereocenters. The number of methoxy groups -OCH3 is 1. The van der Waals surface area contributed by atoms with Gasteiger partial charge in [-0.1, -0.05) is 0 Å². The van der Waals surface area contributed by atoms with Crippen molar-refractivity contribution in [1.29, 1.82) is 0 Å². The normalized spacial score (nSPS) is 25.5. The number of nitrogens with zero attached hydrogens (tertiary/aromatic N) is 2. The Morgan fingerprint density at radius 2 is 1.91 bits per heavy atom. The molecule has 7 heteroatoms. The first-order valence-electron chi connectivity index (χ1n) is 7.60. The molecule has 0 radical (unpaired) electrons. The summed E-state index contributed by atoms with van der Waals surface area (Å²) in [5.41, 5.74) is -0.548. The van der Waals surface area contributed by atoms with Gasteiger partial charge in [-0.3, -0.25) is 4.79 Å². The molecule has 2 amide bonds. The van der Waals surface area contributed by atoms with Crippen LogP contribution < -0.4 is 0 Å². The Hall–Kier alpha value is -1.79. The van der Waals surface area contributed by atoms with Gasteiger partial charge in [0.2, 0.25) is 5.91 Å². The fourth-order valence-electron chi connectivity index (χ4n) is 2.99. The van der Waals surface area contributed by atoms with Gasteiger partial charge in [0.25, 0.3) is 0 Å². The molecule has 2 fully saturated rings. The van der Waals surface area contributed by atoms with Crippen molar-refractivity contribution in [3.8, 4) is 0 Å². The van der Waals surface area contributed by atoms with E-state index in [0.717, 1.165) is 0 Å². The van der Waals surface area contributed by atoms with Crippen molar-refractivity contribution in [3.05, 3.63) is 0 Å². The summed E-state index contributed by atoms with van der Waals surface area (Å²) in [6, 6.07) is -0.673. The van der Waals surface area contributed by atoms with Crippen LogP contribution in [0, 0.1) is 0 Å². The summed E-state index contributed by atoms with van der Waals surface area (Å²) in [4.78, 5) is 39.2. The lowest BCUT2D eigenvalue weighted by Gasteiger charge is -2.29. The van der Waals surface area contributed by atoms with Gasteiger partial charge >= 0.3 is 12.1 Å². The highest BCUT2D eigenvalue weighted by molar-refractivity contribution is 5.88. The molecule has 22 heavy (non-hydrogen) atoms. The molecule has 0 bridgehead atoms. The summed E-state index contributed by atoms with van der Waals surface area (Å²) >= 11 is 0. The lowest BCUT2D eigenvalue weighted by molar-refractivity contribution is -0.150. The summed E-state index contributed by atoms with van der Waals surface area (Å²) in [5, 5.41) is 0. The van der Waals surface area contributed by atoms with Crippen molar-refractivity contribution in [3.63, 3.8) is 0 Å². The largest absolute Gasteiger partial charge is 0.467 e. The zero-order chi connectivity index (χ0) is 16.5. The van der Waals surface area contributed by atoms with E-state index in [2.05, 4.69) is 0 Å². The van der Waals surface area contributed by atoms with Crippen LogP contribution in [0.3, 0.4) is 0 Å². The zero-order valence-electron chi connectivity index (χ0n) is 13.6. The fourth-order valence-corrected chi connectivity index (χ4v) is 2.99. The van der Waals surface area contributed by atoms with Crippen LogP contribution in [0.1, 0.15) is 40.0 Å². The summed E-state index contributed by atoms with van der Waals surface area (Å²) in [6.07, 6.45) is 1.10. The summed E-state index contributed by atoms with van der Waals surface area (Å²) in [7, 11) is 1.32. The van der Waals surface area contributed by atoms with Gasteiger partial charge in [0.05, 0.1) is 13.2 Å². The number of rotatable bonds is 2. The van der Waals surface area contributed by atoms with Gasteiger partial charge in [0, 0.05) is 19.5 Å². The maximum atomic E-state index is 12.1. The molecule has 0 N–H and O–H groups in total. The van der Waals surface area contributed by atoms with E-state index in [-0.39, 0.29) is 24.0 Å². The second-order valence-corrected chi connectivity index (χ2v) is 6.75. The van der Waals surface area contributed by atoms with E-state index in [4.69, 9.17) is 9.47 Å². The number of amides is 2. The van der Waals surface area contributed by atoms with E-state index in [1.807, 2.05) is 20.8 Å². The molecule has 7 nitrogen and oxygen atoms in total. The van der Waals surface area contributed by atoms with Crippen molar-refractivity contribution in [2.75, 3.05) is 20.2 Å². The number of ether oxygens (including phenoxy) is 2. The van der Waals surface area contributed by atoms with Crippen LogP contribution in [-0.2, 0) is 19.1 Å². The van der Waals surface area contributed by atoms with Crippen LogP contribution in [0.5, 0.6) is 0 Å². The van der Waals surface area contributed by atoms with Crippen LogP contribution in [0.2, 0.25) is 0 Å². The minimum absolute atomic E-state index is 0.0496. The Morgan fingerprint density at radius 3 is 2.50 bits per heavy atom. The molecule has 2 aliphatic heterocycles. The second-order valence-electron chi connectivity index (χ2n) is 6.75. The number of hydrogen-bond acceptors (Lipinski definition) is 5. The third-order valence-corrected chi connectivity index (χ3v) is 3.94. The maximum absolute atomic E-state index is 12.1. The van der Waals surface area contributed by atoms with E-state index in [1.165, 1.54) is 7.11 Å². The predicted octanol–water partition coefficient (Wildman–Crippen LogP) is 1.16. The molecule has 2 aliphatic rings. The molecule has 2 saturated heterocycles. The van der Waals surface area contributed by atoms with Crippen molar-refractivity contribution in [2.45, 2.75) is 57.7 Å². The minimum Gasteiger partial charge on any atom is -0.467 e. The van der Waals surface area contributed by atoms with E-state index in [9.17, 15) is 14.4 Å². The van der Waals surface area contributed by atoms with Crippen LogP contribution in [0.4, 0.5) is 4.79 Å². The monoisotopic (exact) mass is 312 g/mol. The number of hydrogen-bond donors (Lipinski definition) is 0. The molecule has 0 aromatic rings. The molecule has 0 aromatic carbocycles. The first kappa shape index (κ1) is 16.6. The van der Waals surface area contributed by atoms with E-state index < -0.39 is 11.6 Å². The molecule has 0 spiro atoms. The number of carbonyl (C=O) groups is 3. The highest BCUT2D eigenvalue weighted by atomic mass is 16.6. The van der Waals surface area contributed by atoms with Gasteiger partial charge in [-0.25, -0.2) is 9.59 Å². The molecule has 2 atom stereocenters. The Labute approximate surface area is 130 Å². The average molecular weight is 312 g/mol. The van der Waals surface area contributed by atoms with Gasteiger partial charge in [0.1, 0.15) is 11.6 Å². The molecule has 2 heterocycles. The molecular formula is C15H24N2O5. The Morgan fingerprint density at radius 1 is 1.23 bits per heavy atom. The number of likely N-dealkylation sites (tertiary alicyclic amines) is 2. The van der Waals surface area contributed by atoms with Gasteiger partial charge in [-0.15, -0.1) is 0 Å². The average Bonchev–Trinajstić information content (AvgIpc) is 3.02. The maximum Gasteiger partial charge on any atom is 0.410 e. The number of carbonyl (C=O) groups excluding carboxylic acids is 3. The SMILES string of the molecule is COC(=O)C1CCC(=O)N1C1CCN(C(=O)OC(C)(C)C)C1. The minimum atomic E-state index is -0.548. The third kappa shape index (κ3) is 3.51. The summed E-state index contributed by atoms with van der Waals surface area (Å²) in [5.74, 6) is -0.437. The van der Waals surface area contributed by atoms with E-state index in [1.54, 1.807) is 9.80 Å². The first-order valence-corrected chi connectivity index (χ1v) is 7.60. The van der Waals surface area contributed by atoms with Gasteiger partial charge in [0.15, 0.2) is 0 Å². The van der Waals surface area contributed by atoms with Crippen molar-refractivity contribution < 1.29 is 23.9 Å². The lowest BCUT2D eigenvalue weighted by atomic mass is 10.1. The van der Waals surface area contributed by atoms with Crippen LogP contribution in [0.25, 0.3) is 0 Å². The standard InChI is InChI=1S/C15H24N2O5/c1-15(2,3)22-14(20)16-8-7-10(9-16)17-11(13(19)21-4)5-6-12(17)18/h10-11H,5-9H2,1-4H3. The fraction of sp³-hybridized carbons (Fsp3) is 0.800. The van der Waals surface area contributed by atoms with Gasteiger partial charge in [-0.2, -0.15) is 0 Å². The molecule has 0 saturated carbocycles. The third-order valence-electron chi connectivity index (χ3n) is 3.94. The van der Waals surface area contributed by atoms with E-state index >= 15 is 0 Å². The highest BCUT2D eigenvalue weighted by Crippen LogP contribution is 2.28. The van der Waals surface area contributed by atoms with E-state index in [0.29, 0.717) is 32.4 Å². The summed E-state index contributed by atoms with van der Waals surface area (Å²) in [6.45, 7) is 6.37. The highest BCUT2D eigenvalue weighted by Gasteiger charge is 2.44. The molecule has 124 valence electrons. The van der Waals surface area contributed by atoms with Crippen LogP contribution in [0.15, 0.2) is 0 Å². The smallest absolute Gasteiger partial charge is 0.410 e. The van der Waals surface area contributed by atoms with Crippen molar-refractivity contribution in [2.24, 2.45) is 0 Å². The van der Waals surface area contributed by atoms with Crippen molar-refractivity contribution >= 4 is 18.0 Å². The molecule has 0 aliphatic carbocycles. The zero-order valence-corrected chi connectivity index (χ0v) is 13.6. The van der Waals surface area contributed by atoms with Crippen molar-refractivity contribution in [1.82, 2.24) is 9.80 Å². The Kier molecular flexibility index (Phi) is 4.63. The first-order chi connectivity index (χ1) is 10.2. The lowest BCUT2D eigenvalue weighted by Crippen LogP contribution is -2.47. The molecular weight excluding hydrogens is 288 g/mol. The predicted molar refractivity (Wildman–Crippen MR) is 78.1 cm³/mol. The van der Waals surface area contributed by atoms with Crippen LogP contribution in [-0.4, -0.2) is 65.7 Å². The quantitative estimate of drug-likeness (QED) is 0.715. The second kappa shape index (κ2) is 6.14. The molecule has 0 aromatic heterocycles. The number of esters is 1. The summed E-state index contributed by atoms with van der Waals surface area (Å²) < 4.78 is 10.1. The Bertz CT molecular complexity index is 471. The Balaban J connectivity index is 2.01. The molecule has 2 rings (SSSR count). The van der Waals surface area contributed by atoms with Gasteiger partial charge < -0.3 is 19.3 Å². The van der Waals surface area contributed by atoms with Gasteiger partial charge in [-0.05, 0) is 33.6 Å². The topological polar surface area (TPSA) is 76.2 Å².